The first-order chi connectivity index (χ1) is 10.1. The molecule has 2 atom stereocenters. The monoisotopic (exact) mass is 345 g/mol. The fourth-order valence-corrected chi connectivity index (χ4v) is 4.88. The highest BCUT2D eigenvalue weighted by molar-refractivity contribution is 7.88. The molecule has 1 aliphatic heterocycles. The smallest absolute Gasteiger partial charge is 0.211 e. The maximum Gasteiger partial charge on any atom is 0.211 e. The minimum absolute atomic E-state index is 0.0678. The van der Waals surface area contributed by atoms with Crippen LogP contribution in [0.3, 0.4) is 0 Å². The van der Waals surface area contributed by atoms with E-state index in [9.17, 15) is 8.42 Å². The van der Waals surface area contributed by atoms with Crippen LogP contribution in [-0.2, 0) is 15.4 Å². The van der Waals surface area contributed by atoms with Gasteiger partial charge in [-0.1, -0.05) is 20.8 Å². The Hall–Kier alpha value is -0.500. The van der Waals surface area contributed by atoms with Crippen LogP contribution in [0.4, 0.5) is 0 Å². The molecule has 1 aromatic rings. The molecule has 1 unspecified atom stereocenters. The zero-order chi connectivity index (χ0) is 16.5. The molecule has 2 rings (SSSR count). The highest BCUT2D eigenvalue weighted by Crippen LogP contribution is 2.28. The van der Waals surface area contributed by atoms with Crippen LogP contribution in [0.15, 0.2) is 5.38 Å². The van der Waals surface area contributed by atoms with E-state index < -0.39 is 10.0 Å². The molecule has 7 heteroatoms. The van der Waals surface area contributed by atoms with Crippen LogP contribution in [0.1, 0.15) is 57.3 Å². The molecule has 1 aliphatic rings. The quantitative estimate of drug-likeness (QED) is 0.891. The van der Waals surface area contributed by atoms with Gasteiger partial charge in [-0.05, 0) is 19.8 Å². The number of aromatic nitrogens is 1. The first-order valence-corrected chi connectivity index (χ1v) is 10.5. The van der Waals surface area contributed by atoms with Gasteiger partial charge in [0.05, 0.1) is 17.0 Å². The van der Waals surface area contributed by atoms with Crippen molar-refractivity contribution in [2.75, 3.05) is 19.3 Å². The SMILES string of the molecule is CC(NC[C@H]1CCCN1S(C)(=O)=O)c1csc(C(C)(C)C)n1. The second-order valence-corrected chi connectivity index (χ2v) is 9.92. The zero-order valence-electron chi connectivity index (χ0n) is 14.1. The molecule has 5 nitrogen and oxygen atoms in total. The summed E-state index contributed by atoms with van der Waals surface area (Å²) in [6.45, 7) is 9.89. The number of hydrogen-bond acceptors (Lipinski definition) is 5. The predicted molar refractivity (Wildman–Crippen MR) is 91.8 cm³/mol. The highest BCUT2D eigenvalue weighted by atomic mass is 32.2. The fraction of sp³-hybridized carbons (Fsp3) is 0.800. The average Bonchev–Trinajstić information content (AvgIpc) is 3.03. The van der Waals surface area contributed by atoms with Crippen LogP contribution < -0.4 is 5.32 Å². The lowest BCUT2D eigenvalue weighted by molar-refractivity contribution is 0.362. The minimum Gasteiger partial charge on any atom is -0.307 e. The van der Waals surface area contributed by atoms with Crippen LogP contribution >= 0.6 is 11.3 Å². The van der Waals surface area contributed by atoms with Gasteiger partial charge in [-0.2, -0.15) is 4.31 Å². The van der Waals surface area contributed by atoms with Gasteiger partial charge in [0, 0.05) is 36.0 Å². The largest absolute Gasteiger partial charge is 0.307 e. The van der Waals surface area contributed by atoms with E-state index in [1.165, 1.54) is 6.26 Å². The van der Waals surface area contributed by atoms with Gasteiger partial charge in [-0.15, -0.1) is 11.3 Å². The predicted octanol–water partition coefficient (Wildman–Crippen LogP) is 2.52. The maximum absolute atomic E-state index is 11.8. The van der Waals surface area contributed by atoms with Gasteiger partial charge in [-0.25, -0.2) is 13.4 Å². The molecule has 22 heavy (non-hydrogen) atoms. The molecule has 0 aromatic carbocycles. The number of rotatable bonds is 5. The Labute approximate surface area is 138 Å². The lowest BCUT2D eigenvalue weighted by atomic mass is 9.98. The van der Waals surface area contributed by atoms with Gasteiger partial charge in [0.1, 0.15) is 0 Å². The molecule has 126 valence electrons. The third-order valence-electron chi connectivity index (χ3n) is 4.02. The molecule has 0 amide bonds. The molecule has 0 spiro atoms. The van der Waals surface area contributed by atoms with Crippen LogP contribution in [0.5, 0.6) is 0 Å². The van der Waals surface area contributed by atoms with E-state index in [2.05, 4.69) is 38.4 Å². The molecule has 0 bridgehead atoms. The van der Waals surface area contributed by atoms with Gasteiger partial charge in [0.2, 0.25) is 10.0 Å². The van der Waals surface area contributed by atoms with Crippen molar-refractivity contribution in [3.05, 3.63) is 16.1 Å². The molecule has 1 aromatic heterocycles. The fourth-order valence-electron chi connectivity index (χ4n) is 2.70. The summed E-state index contributed by atoms with van der Waals surface area (Å²) in [6.07, 6.45) is 3.17. The number of nitrogens with zero attached hydrogens (tertiary/aromatic N) is 2. The van der Waals surface area contributed by atoms with Crippen molar-refractivity contribution in [1.82, 2.24) is 14.6 Å². The van der Waals surface area contributed by atoms with E-state index in [0.29, 0.717) is 13.1 Å². The molecule has 0 saturated carbocycles. The van der Waals surface area contributed by atoms with E-state index in [1.54, 1.807) is 15.6 Å². The molecular formula is C15H27N3O2S2. The molecule has 1 fully saturated rings. The number of nitrogens with one attached hydrogen (secondary N) is 1. The Kier molecular flexibility index (Phi) is 5.31. The summed E-state index contributed by atoms with van der Waals surface area (Å²) in [6, 6.07) is 0.201. The minimum atomic E-state index is -3.10. The van der Waals surface area contributed by atoms with Crippen LogP contribution in [-0.4, -0.2) is 43.1 Å². The van der Waals surface area contributed by atoms with Crippen LogP contribution in [0.2, 0.25) is 0 Å². The van der Waals surface area contributed by atoms with Crippen molar-refractivity contribution in [1.29, 1.82) is 0 Å². The lowest BCUT2D eigenvalue weighted by Gasteiger charge is -2.24. The molecular weight excluding hydrogens is 318 g/mol. The number of hydrogen-bond donors (Lipinski definition) is 1. The second-order valence-electron chi connectivity index (χ2n) is 7.13. The van der Waals surface area contributed by atoms with E-state index in [1.807, 2.05) is 0 Å². The summed E-state index contributed by atoms with van der Waals surface area (Å²) in [4.78, 5) is 4.72. The average molecular weight is 346 g/mol. The van der Waals surface area contributed by atoms with Crippen molar-refractivity contribution < 1.29 is 8.42 Å². The van der Waals surface area contributed by atoms with Gasteiger partial charge < -0.3 is 5.32 Å². The molecule has 2 heterocycles. The molecule has 0 aliphatic carbocycles. The van der Waals surface area contributed by atoms with Gasteiger partial charge in [-0.3, -0.25) is 0 Å². The third kappa shape index (κ3) is 4.28. The number of sulfonamides is 1. The zero-order valence-corrected chi connectivity index (χ0v) is 15.7. The Morgan fingerprint density at radius 3 is 2.73 bits per heavy atom. The van der Waals surface area contributed by atoms with E-state index in [0.717, 1.165) is 23.5 Å². The summed E-state index contributed by atoms with van der Waals surface area (Å²) >= 11 is 1.69. The summed E-state index contributed by atoms with van der Waals surface area (Å²) in [7, 11) is -3.10. The van der Waals surface area contributed by atoms with Gasteiger partial charge >= 0.3 is 0 Å². The normalized spacial score (nSPS) is 22.1. The first-order valence-electron chi connectivity index (χ1n) is 7.75. The maximum atomic E-state index is 11.8. The van der Waals surface area contributed by atoms with Crippen molar-refractivity contribution in [2.24, 2.45) is 0 Å². The standard InChI is InChI=1S/C15H27N3O2S2/c1-11(13-10-21-14(17-13)15(2,3)4)16-9-12-7-6-8-18(12)22(5,19)20/h10-12,16H,6-9H2,1-5H3/t11?,12-/m1/s1. The summed E-state index contributed by atoms with van der Waals surface area (Å²) < 4.78 is 25.1. The van der Waals surface area contributed by atoms with Crippen molar-refractivity contribution in [3.63, 3.8) is 0 Å². The molecule has 0 radical (unpaired) electrons. The molecule has 1 saturated heterocycles. The summed E-state index contributed by atoms with van der Waals surface area (Å²) in [5.74, 6) is 0. The molecule has 1 N–H and O–H groups in total. The van der Waals surface area contributed by atoms with E-state index in [4.69, 9.17) is 4.98 Å². The Bertz CT molecular complexity index is 605. The lowest BCUT2D eigenvalue weighted by Crippen LogP contribution is -2.41. The van der Waals surface area contributed by atoms with Crippen LogP contribution in [0, 0.1) is 0 Å². The highest BCUT2D eigenvalue weighted by Gasteiger charge is 2.31. The van der Waals surface area contributed by atoms with Crippen molar-refractivity contribution in [3.8, 4) is 0 Å². The third-order valence-corrected chi connectivity index (χ3v) is 6.63. The van der Waals surface area contributed by atoms with Crippen molar-refractivity contribution in [2.45, 2.75) is 58.0 Å². The first kappa shape index (κ1) is 17.8. The summed E-state index contributed by atoms with van der Waals surface area (Å²) in [5, 5.41) is 6.68. The van der Waals surface area contributed by atoms with Gasteiger partial charge in [0.25, 0.3) is 0 Å². The Balaban J connectivity index is 1.95. The van der Waals surface area contributed by atoms with Crippen LogP contribution in [0.25, 0.3) is 0 Å². The Morgan fingerprint density at radius 2 is 2.18 bits per heavy atom. The number of thiazole rings is 1. The van der Waals surface area contributed by atoms with E-state index in [-0.39, 0.29) is 17.5 Å². The summed E-state index contributed by atoms with van der Waals surface area (Å²) in [5.41, 5.74) is 1.11. The van der Waals surface area contributed by atoms with Crippen molar-refractivity contribution >= 4 is 21.4 Å². The second kappa shape index (κ2) is 6.55. The Morgan fingerprint density at radius 1 is 1.50 bits per heavy atom. The topological polar surface area (TPSA) is 62.3 Å². The van der Waals surface area contributed by atoms with E-state index >= 15 is 0 Å². The van der Waals surface area contributed by atoms with Gasteiger partial charge in [0.15, 0.2) is 0 Å².